The molecule has 0 unspecified atom stereocenters. The Kier molecular flexibility index (Phi) is 10.2. The molecule has 160 valence electrons. The van der Waals surface area contributed by atoms with Crippen molar-refractivity contribution in [2.24, 2.45) is 7.05 Å². The molecular weight excluding hydrogens is 437 g/mol. The van der Waals surface area contributed by atoms with Gasteiger partial charge < -0.3 is 10.1 Å². The van der Waals surface area contributed by atoms with Crippen LogP contribution in [-0.2, 0) is 20.0 Å². The van der Waals surface area contributed by atoms with Gasteiger partial charge in [0.15, 0.2) is 11.6 Å². The average molecular weight is 468 g/mol. The summed E-state index contributed by atoms with van der Waals surface area (Å²) in [6.45, 7) is 2.58. The Morgan fingerprint density at radius 1 is 1.21 bits per heavy atom. The number of unbranched alkanes of at least 4 members (excludes halogenated alkanes) is 5. The number of halogens is 2. The van der Waals surface area contributed by atoms with Gasteiger partial charge in [0, 0.05) is 24.5 Å². The number of ether oxygens (including phenoxy) is 1. The minimum Gasteiger partial charge on any atom is -0.491 e. The third-order valence-electron chi connectivity index (χ3n) is 4.79. The zero-order valence-electron chi connectivity index (χ0n) is 17.3. The molecule has 0 atom stereocenters. The molecule has 1 N–H and O–H groups in total. The molecule has 0 spiro atoms. The summed E-state index contributed by atoms with van der Waals surface area (Å²) < 4.78 is 21.8. The molecule has 29 heavy (non-hydrogen) atoms. The van der Waals surface area contributed by atoms with Gasteiger partial charge in [-0.3, -0.25) is 9.48 Å². The summed E-state index contributed by atoms with van der Waals surface area (Å²) in [6, 6.07) is 6.79. The third kappa shape index (κ3) is 7.46. The molecule has 0 aliphatic rings. The average Bonchev–Trinajstić information content (AvgIpc) is 3.11. The van der Waals surface area contributed by atoms with Gasteiger partial charge in [0.05, 0.1) is 12.3 Å². The van der Waals surface area contributed by atoms with Crippen LogP contribution >= 0.6 is 15.9 Å². The summed E-state index contributed by atoms with van der Waals surface area (Å²) in [7, 11) is 1.73. The first-order valence-electron chi connectivity index (χ1n) is 10.3. The topological polar surface area (TPSA) is 56.1 Å². The van der Waals surface area contributed by atoms with E-state index in [9.17, 15) is 9.18 Å². The van der Waals surface area contributed by atoms with Crippen LogP contribution in [-0.4, -0.2) is 27.6 Å². The largest absolute Gasteiger partial charge is 0.491 e. The number of hydrogen-bond donors (Lipinski definition) is 1. The fourth-order valence-corrected chi connectivity index (χ4v) is 3.46. The maximum Gasteiger partial charge on any atom is 0.269 e. The molecule has 5 nitrogen and oxygen atoms in total. The molecule has 1 aromatic heterocycles. The van der Waals surface area contributed by atoms with Crippen LogP contribution in [0.5, 0.6) is 5.75 Å². The lowest BCUT2D eigenvalue weighted by molar-refractivity contribution is 0.0941. The van der Waals surface area contributed by atoms with Crippen LogP contribution in [0.25, 0.3) is 0 Å². The Morgan fingerprint density at radius 3 is 2.62 bits per heavy atom. The summed E-state index contributed by atoms with van der Waals surface area (Å²) in [6.07, 6.45) is 7.62. The Morgan fingerprint density at radius 2 is 1.93 bits per heavy atom. The van der Waals surface area contributed by atoms with Crippen LogP contribution in [0.1, 0.15) is 67.2 Å². The molecule has 0 saturated carbocycles. The van der Waals surface area contributed by atoms with Crippen molar-refractivity contribution in [1.29, 1.82) is 0 Å². The number of amides is 1. The number of benzene rings is 1. The normalized spacial score (nSPS) is 10.9. The van der Waals surface area contributed by atoms with Crippen LogP contribution < -0.4 is 10.1 Å². The number of alkyl halides is 1. The number of nitrogens with zero attached hydrogens (tertiary/aromatic N) is 2. The van der Waals surface area contributed by atoms with E-state index in [1.54, 1.807) is 36.0 Å². The monoisotopic (exact) mass is 467 g/mol. The zero-order chi connectivity index (χ0) is 21.1. The number of rotatable bonds is 13. The minimum absolute atomic E-state index is 0.0993. The second-order valence-corrected chi connectivity index (χ2v) is 7.86. The molecule has 0 radical (unpaired) electrons. The maximum atomic E-state index is 14.7. The third-order valence-corrected chi connectivity index (χ3v) is 5.35. The lowest BCUT2D eigenvalue weighted by Gasteiger charge is -2.11. The highest BCUT2D eigenvalue weighted by atomic mass is 79.9. The van der Waals surface area contributed by atoms with E-state index in [1.165, 1.54) is 25.7 Å². The van der Waals surface area contributed by atoms with Gasteiger partial charge in [-0.2, -0.15) is 5.10 Å². The van der Waals surface area contributed by atoms with Gasteiger partial charge in [0.25, 0.3) is 5.91 Å². The first-order valence-corrected chi connectivity index (χ1v) is 11.5. The quantitative estimate of drug-likeness (QED) is 0.326. The molecule has 0 saturated heterocycles. The molecule has 1 amide bonds. The van der Waals surface area contributed by atoms with Crippen LogP contribution in [0.4, 0.5) is 4.39 Å². The number of carbonyl (C=O) groups excluding carboxylic acids is 1. The van der Waals surface area contributed by atoms with E-state index < -0.39 is 5.82 Å². The van der Waals surface area contributed by atoms with E-state index in [2.05, 4.69) is 26.3 Å². The highest BCUT2D eigenvalue weighted by Crippen LogP contribution is 2.21. The van der Waals surface area contributed by atoms with Gasteiger partial charge in [-0.25, -0.2) is 4.39 Å². The van der Waals surface area contributed by atoms with E-state index in [4.69, 9.17) is 4.74 Å². The van der Waals surface area contributed by atoms with Crippen molar-refractivity contribution in [2.75, 3.05) is 11.9 Å². The lowest BCUT2D eigenvalue weighted by Crippen LogP contribution is -2.25. The van der Waals surface area contributed by atoms with Crippen molar-refractivity contribution in [3.05, 3.63) is 47.0 Å². The molecule has 0 fully saturated rings. The van der Waals surface area contributed by atoms with E-state index in [0.717, 1.165) is 30.3 Å². The predicted molar refractivity (Wildman–Crippen MR) is 117 cm³/mol. The van der Waals surface area contributed by atoms with Crippen molar-refractivity contribution in [3.8, 4) is 5.75 Å². The van der Waals surface area contributed by atoms with Crippen molar-refractivity contribution >= 4 is 21.8 Å². The Hall–Kier alpha value is -1.89. The molecular formula is C22H31BrFN3O2. The number of aryl methyl sites for hydroxylation is 2. The number of carbonyl (C=O) groups is 1. The van der Waals surface area contributed by atoms with Gasteiger partial charge in [0.2, 0.25) is 0 Å². The molecule has 7 heteroatoms. The van der Waals surface area contributed by atoms with Gasteiger partial charge in [-0.15, -0.1) is 0 Å². The first-order chi connectivity index (χ1) is 14.1. The molecule has 1 aromatic carbocycles. The van der Waals surface area contributed by atoms with Gasteiger partial charge in [-0.05, 0) is 31.4 Å². The summed E-state index contributed by atoms with van der Waals surface area (Å²) in [5.74, 6) is -0.445. The van der Waals surface area contributed by atoms with Crippen molar-refractivity contribution in [2.45, 2.75) is 58.4 Å². The number of hydrogen-bond acceptors (Lipinski definition) is 3. The van der Waals surface area contributed by atoms with Gasteiger partial charge >= 0.3 is 0 Å². The van der Waals surface area contributed by atoms with E-state index >= 15 is 0 Å². The Balaban J connectivity index is 1.80. The summed E-state index contributed by atoms with van der Waals surface area (Å²) in [5, 5.41) is 8.09. The fourth-order valence-electron chi connectivity index (χ4n) is 3.07. The van der Waals surface area contributed by atoms with Crippen molar-refractivity contribution < 1.29 is 13.9 Å². The number of aromatic nitrogens is 2. The van der Waals surface area contributed by atoms with Crippen molar-refractivity contribution in [1.82, 2.24) is 15.1 Å². The van der Waals surface area contributed by atoms with Crippen LogP contribution in [0, 0.1) is 5.82 Å². The zero-order valence-corrected chi connectivity index (χ0v) is 18.9. The van der Waals surface area contributed by atoms with Crippen LogP contribution in [0.2, 0.25) is 0 Å². The summed E-state index contributed by atoms with van der Waals surface area (Å²) >= 11 is 3.44. The maximum absolute atomic E-state index is 14.7. The molecule has 1 heterocycles. The molecule has 2 aromatic rings. The highest BCUT2D eigenvalue weighted by molar-refractivity contribution is 9.09. The lowest BCUT2D eigenvalue weighted by atomic mass is 10.1. The van der Waals surface area contributed by atoms with Crippen LogP contribution in [0.15, 0.2) is 24.3 Å². The van der Waals surface area contributed by atoms with E-state index in [-0.39, 0.29) is 18.2 Å². The molecule has 0 bridgehead atoms. The van der Waals surface area contributed by atoms with Crippen LogP contribution in [0.3, 0.4) is 0 Å². The van der Waals surface area contributed by atoms with Gasteiger partial charge in [-0.1, -0.05) is 60.7 Å². The van der Waals surface area contributed by atoms with E-state index in [0.29, 0.717) is 17.9 Å². The van der Waals surface area contributed by atoms with Crippen molar-refractivity contribution in [3.63, 3.8) is 0 Å². The fraction of sp³-hybridized carbons (Fsp3) is 0.545. The molecule has 0 aliphatic carbocycles. The summed E-state index contributed by atoms with van der Waals surface area (Å²) in [5.41, 5.74) is 1.72. The van der Waals surface area contributed by atoms with E-state index in [1.807, 2.05) is 6.92 Å². The first kappa shape index (κ1) is 23.4. The molecule has 0 aliphatic heterocycles. The predicted octanol–water partition coefficient (Wildman–Crippen LogP) is 5.17. The Labute approximate surface area is 181 Å². The smallest absolute Gasteiger partial charge is 0.269 e. The minimum atomic E-state index is -0.413. The number of nitrogens with one attached hydrogen (secondary N) is 1. The summed E-state index contributed by atoms with van der Waals surface area (Å²) in [4.78, 5) is 12.4. The Bertz CT molecular complexity index is 779. The highest BCUT2D eigenvalue weighted by Gasteiger charge is 2.14. The SMILES string of the molecule is CCc1cc(C(=O)NCc2cccc(OCCCCCCCCBr)c2F)n(C)n1. The second-order valence-electron chi connectivity index (χ2n) is 7.07. The second kappa shape index (κ2) is 12.6. The van der Waals surface area contributed by atoms with Gasteiger partial charge in [0.1, 0.15) is 5.69 Å². The molecule has 2 rings (SSSR count). The standard InChI is InChI=1S/C22H31BrFN3O2/c1-3-18-15-19(27(2)26-18)22(28)25-16-17-11-10-12-20(21(17)24)29-14-9-7-5-4-6-8-13-23/h10-12,15H,3-9,13-14,16H2,1-2H3,(H,25,28).